The van der Waals surface area contributed by atoms with Crippen molar-refractivity contribution in [2.24, 2.45) is 5.92 Å². The van der Waals surface area contributed by atoms with Crippen LogP contribution in [0, 0.1) is 11.7 Å². The fourth-order valence-electron chi connectivity index (χ4n) is 2.79. The van der Waals surface area contributed by atoms with Gasteiger partial charge in [-0.3, -0.25) is 4.79 Å². The number of anilines is 1. The number of carbonyl (C=O) groups is 2. The normalized spacial score (nSPS) is 15.2. The molecule has 1 saturated heterocycles. The molecular weight excluding hydrogens is 313 g/mol. The number of piperidine rings is 1. The molecule has 132 valence electrons. The fourth-order valence-corrected chi connectivity index (χ4v) is 2.79. The van der Waals surface area contributed by atoms with Gasteiger partial charge in [-0.05, 0) is 43.4 Å². The van der Waals surface area contributed by atoms with E-state index in [1.807, 2.05) is 0 Å². The first kappa shape index (κ1) is 18.2. The topological polar surface area (TPSA) is 70.7 Å². The van der Waals surface area contributed by atoms with Gasteiger partial charge in [-0.2, -0.15) is 0 Å². The molecule has 3 amide bonds. The number of likely N-dealkylation sites (tertiary alicyclic amines) is 1. The Bertz CT molecular complexity index is 560. The van der Waals surface area contributed by atoms with E-state index in [4.69, 9.17) is 4.74 Å². The summed E-state index contributed by atoms with van der Waals surface area (Å²) in [6.07, 6.45) is 2.70. The summed E-state index contributed by atoms with van der Waals surface area (Å²) in [5.74, 6) is 0.0116. The van der Waals surface area contributed by atoms with Gasteiger partial charge < -0.3 is 20.3 Å². The smallest absolute Gasteiger partial charge is 0.321 e. The van der Waals surface area contributed by atoms with Crippen LogP contribution in [0.3, 0.4) is 0 Å². The van der Waals surface area contributed by atoms with Crippen LogP contribution in [0.1, 0.15) is 19.3 Å². The van der Waals surface area contributed by atoms with Gasteiger partial charge in [0, 0.05) is 32.4 Å². The van der Waals surface area contributed by atoms with Gasteiger partial charge in [0.25, 0.3) is 0 Å². The first-order valence-electron chi connectivity index (χ1n) is 8.15. The van der Waals surface area contributed by atoms with E-state index in [2.05, 4.69) is 10.6 Å². The second-order valence-corrected chi connectivity index (χ2v) is 5.94. The van der Waals surface area contributed by atoms with Crippen molar-refractivity contribution in [2.45, 2.75) is 19.3 Å². The number of hydrogen-bond donors (Lipinski definition) is 2. The minimum absolute atomic E-state index is 0.0820. The molecule has 0 atom stereocenters. The van der Waals surface area contributed by atoms with Gasteiger partial charge in [0.15, 0.2) is 0 Å². The zero-order valence-electron chi connectivity index (χ0n) is 13.9. The molecule has 1 aliphatic heterocycles. The molecule has 2 rings (SSSR count). The van der Waals surface area contributed by atoms with Crippen molar-refractivity contribution in [3.8, 4) is 0 Å². The molecular formula is C17H24FN3O3. The third-order valence-corrected chi connectivity index (χ3v) is 4.13. The summed E-state index contributed by atoms with van der Waals surface area (Å²) < 4.78 is 17.9. The number of ether oxygens (including phenoxy) is 1. The highest BCUT2D eigenvalue weighted by atomic mass is 19.1. The first-order chi connectivity index (χ1) is 11.6. The number of nitrogens with one attached hydrogen (secondary N) is 2. The Labute approximate surface area is 141 Å². The Morgan fingerprint density at radius 2 is 2.08 bits per heavy atom. The van der Waals surface area contributed by atoms with Crippen LogP contribution in [-0.2, 0) is 9.53 Å². The molecule has 7 heteroatoms. The number of methoxy groups -OCH3 is 1. The van der Waals surface area contributed by atoms with Crippen molar-refractivity contribution in [1.29, 1.82) is 0 Å². The zero-order chi connectivity index (χ0) is 17.4. The van der Waals surface area contributed by atoms with Crippen molar-refractivity contribution in [3.63, 3.8) is 0 Å². The minimum Gasteiger partial charge on any atom is -0.375 e. The highest BCUT2D eigenvalue weighted by molar-refractivity contribution is 5.89. The summed E-state index contributed by atoms with van der Waals surface area (Å²) in [6.45, 7) is 2.04. The molecule has 0 spiro atoms. The molecule has 2 N–H and O–H groups in total. The first-order valence-corrected chi connectivity index (χ1v) is 8.15. The Morgan fingerprint density at radius 1 is 1.33 bits per heavy atom. The van der Waals surface area contributed by atoms with Crippen LogP contribution in [0.5, 0.6) is 0 Å². The summed E-state index contributed by atoms with van der Waals surface area (Å²) in [7, 11) is 1.49. The molecule has 24 heavy (non-hydrogen) atoms. The van der Waals surface area contributed by atoms with Gasteiger partial charge in [0.2, 0.25) is 5.91 Å². The van der Waals surface area contributed by atoms with E-state index in [1.165, 1.54) is 19.2 Å². The van der Waals surface area contributed by atoms with Gasteiger partial charge in [-0.25, -0.2) is 9.18 Å². The molecule has 0 radical (unpaired) electrons. The maximum atomic E-state index is 13.1. The number of rotatable bonds is 6. The van der Waals surface area contributed by atoms with Crippen LogP contribution in [-0.4, -0.2) is 50.2 Å². The van der Waals surface area contributed by atoms with E-state index in [0.717, 1.165) is 19.3 Å². The fraction of sp³-hybridized carbons (Fsp3) is 0.529. The van der Waals surface area contributed by atoms with Crippen molar-refractivity contribution >= 4 is 17.6 Å². The average Bonchev–Trinajstić information content (AvgIpc) is 2.56. The molecule has 0 saturated carbocycles. The lowest BCUT2D eigenvalue weighted by Crippen LogP contribution is -2.41. The molecule has 0 unspecified atom stereocenters. The number of halogens is 1. The largest absolute Gasteiger partial charge is 0.375 e. The molecule has 1 aromatic carbocycles. The molecule has 6 nitrogen and oxygen atoms in total. The van der Waals surface area contributed by atoms with E-state index in [1.54, 1.807) is 17.0 Å². The molecule has 0 bridgehead atoms. The zero-order valence-corrected chi connectivity index (χ0v) is 13.9. The highest BCUT2D eigenvalue weighted by Gasteiger charge is 2.22. The predicted molar refractivity (Wildman–Crippen MR) is 89.2 cm³/mol. The van der Waals surface area contributed by atoms with Crippen LogP contribution < -0.4 is 10.6 Å². The van der Waals surface area contributed by atoms with E-state index in [9.17, 15) is 14.0 Å². The Hall–Kier alpha value is -2.15. The van der Waals surface area contributed by atoms with E-state index >= 15 is 0 Å². The summed E-state index contributed by atoms with van der Waals surface area (Å²) in [4.78, 5) is 25.2. The molecule has 1 heterocycles. The third-order valence-electron chi connectivity index (χ3n) is 4.13. The maximum Gasteiger partial charge on any atom is 0.321 e. The third kappa shape index (κ3) is 5.81. The summed E-state index contributed by atoms with van der Waals surface area (Å²) >= 11 is 0. The lowest BCUT2D eigenvalue weighted by molar-refractivity contribution is -0.124. The molecule has 1 aromatic rings. The predicted octanol–water partition coefficient (Wildman–Crippen LogP) is 2.22. The van der Waals surface area contributed by atoms with Crippen LogP contribution in [0.15, 0.2) is 24.3 Å². The van der Waals surface area contributed by atoms with Crippen LogP contribution >= 0.6 is 0 Å². The van der Waals surface area contributed by atoms with Gasteiger partial charge in [-0.15, -0.1) is 0 Å². The second-order valence-electron chi connectivity index (χ2n) is 5.94. The molecule has 0 aromatic heterocycles. The lowest BCUT2D eigenvalue weighted by atomic mass is 9.94. The Morgan fingerprint density at radius 3 is 2.75 bits per heavy atom. The number of benzene rings is 1. The monoisotopic (exact) mass is 337 g/mol. The maximum absolute atomic E-state index is 13.1. The van der Waals surface area contributed by atoms with Crippen LogP contribution in [0.25, 0.3) is 0 Å². The number of hydrogen-bond acceptors (Lipinski definition) is 3. The van der Waals surface area contributed by atoms with Gasteiger partial charge in [0.05, 0.1) is 0 Å². The van der Waals surface area contributed by atoms with E-state index in [0.29, 0.717) is 31.2 Å². The van der Waals surface area contributed by atoms with Gasteiger partial charge in [-0.1, -0.05) is 6.07 Å². The summed E-state index contributed by atoms with van der Waals surface area (Å²) in [5.41, 5.74) is 0.461. The van der Waals surface area contributed by atoms with Crippen LogP contribution in [0.4, 0.5) is 14.9 Å². The summed E-state index contributed by atoms with van der Waals surface area (Å²) in [5, 5.41) is 5.53. The van der Waals surface area contributed by atoms with Gasteiger partial charge in [0.1, 0.15) is 12.4 Å². The van der Waals surface area contributed by atoms with Crippen molar-refractivity contribution < 1.29 is 18.7 Å². The van der Waals surface area contributed by atoms with E-state index in [-0.39, 0.29) is 24.4 Å². The second kappa shape index (κ2) is 9.22. The number of amides is 3. The standard InChI is InChI=1S/C17H24FN3O3/c1-24-12-16(22)19-8-5-13-6-9-21(10-7-13)17(23)20-15-4-2-3-14(18)11-15/h2-4,11,13H,5-10,12H2,1H3,(H,19,22)(H,20,23). The number of nitrogens with zero attached hydrogens (tertiary/aromatic N) is 1. The van der Waals surface area contributed by atoms with Crippen molar-refractivity contribution in [3.05, 3.63) is 30.1 Å². The Balaban J connectivity index is 1.68. The lowest BCUT2D eigenvalue weighted by Gasteiger charge is -2.32. The van der Waals surface area contributed by atoms with Crippen molar-refractivity contribution in [2.75, 3.05) is 38.7 Å². The van der Waals surface area contributed by atoms with Gasteiger partial charge >= 0.3 is 6.03 Å². The molecule has 1 fully saturated rings. The highest BCUT2D eigenvalue weighted by Crippen LogP contribution is 2.21. The Kier molecular flexibility index (Phi) is 6.99. The number of urea groups is 1. The summed E-state index contributed by atoms with van der Waals surface area (Å²) in [6, 6.07) is 5.67. The molecule has 1 aliphatic rings. The quantitative estimate of drug-likeness (QED) is 0.836. The SMILES string of the molecule is COCC(=O)NCCC1CCN(C(=O)Nc2cccc(F)c2)CC1. The van der Waals surface area contributed by atoms with Crippen molar-refractivity contribution in [1.82, 2.24) is 10.2 Å². The average molecular weight is 337 g/mol. The molecule has 0 aliphatic carbocycles. The number of carbonyl (C=O) groups excluding carboxylic acids is 2. The van der Waals surface area contributed by atoms with E-state index < -0.39 is 0 Å². The minimum atomic E-state index is -0.373. The van der Waals surface area contributed by atoms with Crippen LogP contribution in [0.2, 0.25) is 0 Å².